The zero-order valence-electron chi connectivity index (χ0n) is 31.4. The lowest BCUT2D eigenvalue weighted by Crippen LogP contribution is -2.60. The van der Waals surface area contributed by atoms with E-state index in [1.165, 1.54) is 0 Å². The van der Waals surface area contributed by atoms with Gasteiger partial charge < -0.3 is 36.8 Å². The van der Waals surface area contributed by atoms with Crippen LogP contribution in [0.15, 0.2) is 0 Å². The van der Waals surface area contributed by atoms with Crippen molar-refractivity contribution >= 4 is 47.3 Å². The molecule has 2 aliphatic carbocycles. The highest BCUT2D eigenvalue weighted by atomic mass is 16.4. The first-order chi connectivity index (χ1) is 25.5. The summed E-state index contributed by atoms with van der Waals surface area (Å²) in [4.78, 5) is 103. The Balaban J connectivity index is 1.79. The lowest BCUT2D eigenvalue weighted by atomic mass is 9.84. The second-order valence-corrected chi connectivity index (χ2v) is 14.9. The van der Waals surface area contributed by atoms with E-state index in [9.17, 15) is 43.5 Å². The zero-order chi connectivity index (χ0) is 40.0. The normalized spacial score (nSPS) is 17.9. The van der Waals surface area contributed by atoms with Crippen molar-refractivity contribution in [1.82, 2.24) is 47.2 Å². The molecule has 1 aromatic rings. The fraction of sp³-hybridized carbons (Fsp3) is 0.743. The number of tetrazole rings is 1. The zero-order valence-corrected chi connectivity index (χ0v) is 31.4. The van der Waals surface area contributed by atoms with Gasteiger partial charge in [0.1, 0.15) is 29.7 Å². The lowest BCUT2D eigenvalue weighted by molar-refractivity contribution is -0.139. The molecule has 0 saturated heterocycles. The number of Topliss-reactive ketones (excluding diaryl/α,β-unsaturated/α-hetero) is 1. The number of aromatic amines is 1. The summed E-state index contributed by atoms with van der Waals surface area (Å²) in [6, 6.07) is -4.73. The summed E-state index contributed by atoms with van der Waals surface area (Å²) in [7, 11) is 0. The Morgan fingerprint density at radius 3 is 1.96 bits per heavy atom. The molecule has 0 bridgehead atoms. The molecule has 2 aliphatic rings. The first-order valence-electron chi connectivity index (χ1n) is 18.8. The summed E-state index contributed by atoms with van der Waals surface area (Å²) < 4.78 is 0. The fourth-order valence-corrected chi connectivity index (χ4v) is 6.53. The smallest absolute Gasteiger partial charge is 0.303 e. The van der Waals surface area contributed by atoms with Crippen molar-refractivity contribution in [2.75, 3.05) is 0 Å². The van der Waals surface area contributed by atoms with Crippen molar-refractivity contribution in [1.29, 1.82) is 0 Å². The van der Waals surface area contributed by atoms with Crippen LogP contribution in [0.2, 0.25) is 0 Å². The van der Waals surface area contributed by atoms with Gasteiger partial charge in [-0.05, 0) is 55.1 Å². The third kappa shape index (κ3) is 13.5. The Hall–Kier alpha value is -4.97. The quantitative estimate of drug-likeness (QED) is 0.0716. The number of aliphatic carboxylic acids is 2. The Morgan fingerprint density at radius 1 is 0.778 bits per heavy atom. The van der Waals surface area contributed by atoms with Gasteiger partial charge in [-0.25, -0.2) is 0 Å². The van der Waals surface area contributed by atoms with Crippen LogP contribution in [0.25, 0.3) is 0 Å². The highest BCUT2D eigenvalue weighted by molar-refractivity contribution is 6.05. The molecular weight excluding hydrogens is 706 g/mol. The second-order valence-electron chi connectivity index (χ2n) is 14.9. The monoisotopic (exact) mass is 761 g/mol. The number of nitrogens with zero attached hydrogens (tertiary/aromatic N) is 3. The molecule has 5 atom stereocenters. The molecule has 3 rings (SSSR count). The molecule has 0 radical (unpaired) electrons. The minimum atomic E-state index is -1.38. The third-order valence-corrected chi connectivity index (χ3v) is 10.0. The van der Waals surface area contributed by atoms with E-state index in [4.69, 9.17) is 5.11 Å². The fourth-order valence-electron chi connectivity index (χ4n) is 6.53. The molecule has 54 heavy (non-hydrogen) atoms. The number of rotatable bonds is 23. The predicted octanol–water partition coefficient (Wildman–Crippen LogP) is 0.763. The topological polar surface area (TPSA) is 292 Å². The maximum Gasteiger partial charge on any atom is 0.303 e. The van der Waals surface area contributed by atoms with E-state index in [2.05, 4.69) is 47.2 Å². The number of amides is 5. The van der Waals surface area contributed by atoms with E-state index in [-0.39, 0.29) is 30.5 Å². The molecule has 0 aliphatic heterocycles. The number of carbonyl (C=O) groups excluding carboxylic acids is 6. The Labute approximate surface area is 313 Å². The van der Waals surface area contributed by atoms with E-state index in [1.54, 1.807) is 6.92 Å². The first kappa shape index (κ1) is 43.4. The predicted molar refractivity (Wildman–Crippen MR) is 190 cm³/mol. The molecule has 8 N–H and O–H groups in total. The number of hydrogen-bond acceptors (Lipinski definition) is 11. The summed E-state index contributed by atoms with van der Waals surface area (Å²) in [5.41, 5.74) is -1.21. The summed E-state index contributed by atoms with van der Waals surface area (Å²) >= 11 is 0. The van der Waals surface area contributed by atoms with Gasteiger partial charge in [0.15, 0.2) is 0 Å². The summed E-state index contributed by atoms with van der Waals surface area (Å²) in [6.07, 6.45) is 4.71. The van der Waals surface area contributed by atoms with Crippen LogP contribution in [-0.2, 0) is 33.6 Å². The molecule has 0 unspecified atom stereocenters. The number of carbonyl (C=O) groups is 8. The van der Waals surface area contributed by atoms with Gasteiger partial charge in [0.25, 0.3) is 0 Å². The van der Waals surface area contributed by atoms with Crippen LogP contribution < -0.4 is 26.6 Å². The molecular formula is C35H55N9O10. The van der Waals surface area contributed by atoms with Crippen molar-refractivity contribution in [3.8, 4) is 0 Å². The van der Waals surface area contributed by atoms with Gasteiger partial charge in [0, 0.05) is 12.8 Å². The summed E-state index contributed by atoms with van der Waals surface area (Å²) in [5, 5.41) is 44.7. The number of aromatic nitrogens is 4. The van der Waals surface area contributed by atoms with Crippen LogP contribution in [0.4, 0.5) is 0 Å². The van der Waals surface area contributed by atoms with Crippen LogP contribution in [-0.4, -0.2) is 108 Å². The number of carboxylic acid groups (broad SMARTS) is 2. The van der Waals surface area contributed by atoms with Crippen molar-refractivity contribution in [3.05, 3.63) is 5.82 Å². The number of hydrogen-bond donors (Lipinski definition) is 8. The van der Waals surface area contributed by atoms with Gasteiger partial charge in [-0.3, -0.25) is 38.4 Å². The maximum absolute atomic E-state index is 14.1. The van der Waals surface area contributed by atoms with E-state index in [1.807, 2.05) is 20.8 Å². The van der Waals surface area contributed by atoms with Gasteiger partial charge >= 0.3 is 11.9 Å². The number of ketones is 1. The SMILES string of the molecule is CC[C@H](C)[C@H](NC(=O)[C@H](CC(C)C)NC(=O)[C@@H](CCC(=O)O)NC(=O)CCC(=O)O)C(=O)N[C@@H](CC1CCCCC1)C(=O)NC1(C(=O)c2nn[nH]n2)CC1. The van der Waals surface area contributed by atoms with Gasteiger partial charge in [0.05, 0.1) is 6.42 Å². The summed E-state index contributed by atoms with van der Waals surface area (Å²) in [5.74, 6) is -7.00. The van der Waals surface area contributed by atoms with E-state index < -0.39 is 102 Å². The average molecular weight is 762 g/mol. The number of carboxylic acids is 2. The molecule has 0 aromatic carbocycles. The number of H-pyrrole nitrogens is 1. The van der Waals surface area contributed by atoms with Crippen LogP contribution in [0.3, 0.4) is 0 Å². The minimum Gasteiger partial charge on any atom is -0.481 e. The minimum absolute atomic E-state index is 0.119. The van der Waals surface area contributed by atoms with Crippen LogP contribution >= 0.6 is 0 Å². The van der Waals surface area contributed by atoms with E-state index in [0.717, 1.165) is 32.1 Å². The molecule has 2 fully saturated rings. The van der Waals surface area contributed by atoms with Crippen molar-refractivity contribution < 1.29 is 48.6 Å². The van der Waals surface area contributed by atoms with Crippen molar-refractivity contribution in [2.45, 2.75) is 147 Å². The molecule has 19 heteroatoms. The Kier molecular flexibility index (Phi) is 16.5. The van der Waals surface area contributed by atoms with Gasteiger partial charge in [0.2, 0.25) is 41.1 Å². The van der Waals surface area contributed by atoms with E-state index in [0.29, 0.717) is 25.7 Å². The highest BCUT2D eigenvalue weighted by Crippen LogP contribution is 2.38. The van der Waals surface area contributed by atoms with Crippen LogP contribution in [0, 0.1) is 17.8 Å². The standard InChI is InChI=1S/C35H55N9O10/c1-5-20(4)28(39-32(52)23(17-19(2)3)37-31(51)22(11-13-26(46)47)36-25(45)12-14-27(48)49)34(54)38-24(18-21-9-7-6-8-10-21)33(53)40-35(15-16-35)29(50)30-41-43-44-42-30/h19-24,28H,5-18H2,1-4H3,(H,36,45)(H,37,51)(H,38,54)(H,39,52)(H,40,53)(H,46,47)(H,48,49)(H,41,42,43,44)/t20-,22+,23-,24-,28-/m0/s1. The van der Waals surface area contributed by atoms with E-state index >= 15 is 0 Å². The molecule has 1 heterocycles. The van der Waals surface area contributed by atoms with Crippen LogP contribution in [0.5, 0.6) is 0 Å². The molecule has 5 amide bonds. The second kappa shape index (κ2) is 20.5. The molecule has 19 nitrogen and oxygen atoms in total. The van der Waals surface area contributed by atoms with Crippen molar-refractivity contribution in [3.63, 3.8) is 0 Å². The third-order valence-electron chi connectivity index (χ3n) is 10.0. The van der Waals surface area contributed by atoms with Crippen LogP contribution in [0.1, 0.15) is 128 Å². The molecule has 0 spiro atoms. The molecule has 2 saturated carbocycles. The van der Waals surface area contributed by atoms with Gasteiger partial charge in [-0.1, -0.05) is 66.2 Å². The van der Waals surface area contributed by atoms with Gasteiger partial charge in [-0.15, -0.1) is 10.2 Å². The molecule has 300 valence electrons. The number of nitrogens with one attached hydrogen (secondary N) is 6. The Bertz CT molecular complexity index is 1490. The molecule has 1 aromatic heterocycles. The maximum atomic E-state index is 14.1. The van der Waals surface area contributed by atoms with Crippen molar-refractivity contribution in [2.24, 2.45) is 17.8 Å². The first-order valence-corrected chi connectivity index (χ1v) is 18.8. The average Bonchev–Trinajstić information content (AvgIpc) is 3.69. The largest absolute Gasteiger partial charge is 0.481 e. The van der Waals surface area contributed by atoms with Gasteiger partial charge in [-0.2, -0.15) is 5.21 Å². The summed E-state index contributed by atoms with van der Waals surface area (Å²) in [6.45, 7) is 7.21. The Morgan fingerprint density at radius 2 is 1.41 bits per heavy atom. The highest BCUT2D eigenvalue weighted by Gasteiger charge is 2.53. The lowest BCUT2D eigenvalue weighted by Gasteiger charge is -2.31.